The monoisotopic (exact) mass is 475 g/mol. The van der Waals surface area contributed by atoms with Crippen molar-refractivity contribution in [3.05, 3.63) is 96.4 Å². The van der Waals surface area contributed by atoms with Gasteiger partial charge in [-0.15, -0.1) is 0 Å². The highest BCUT2D eigenvalue weighted by atomic mass is 16.1. The summed E-state index contributed by atoms with van der Waals surface area (Å²) in [5.41, 5.74) is 4.91. The molecule has 0 atom stereocenters. The Bertz CT molecular complexity index is 1310. The minimum absolute atomic E-state index is 0.162. The molecule has 3 heterocycles. The second-order valence-electron chi connectivity index (χ2n) is 8.68. The average molecular weight is 475 g/mol. The molecule has 8 nitrogen and oxygen atoms in total. The number of anilines is 3. The van der Waals surface area contributed by atoms with E-state index in [9.17, 15) is 4.79 Å². The zero-order chi connectivity index (χ0) is 24.7. The van der Waals surface area contributed by atoms with E-state index in [0.717, 1.165) is 49.7 Å². The van der Waals surface area contributed by atoms with Gasteiger partial charge < -0.3 is 15.4 Å². The first-order valence-electron chi connectivity index (χ1n) is 11.9. The van der Waals surface area contributed by atoms with Gasteiger partial charge in [0.15, 0.2) is 7.98 Å². The molecule has 2 N–H and O–H groups in total. The number of hydrogen-bond acceptors (Lipinski definition) is 7. The van der Waals surface area contributed by atoms with Crippen molar-refractivity contribution in [1.29, 1.82) is 0 Å². The molecular formula is C27H26BN7O. The van der Waals surface area contributed by atoms with Gasteiger partial charge in [0, 0.05) is 60.7 Å². The number of aromatic nitrogens is 3. The SMILES string of the molecule is [B]N1CCN(Cc2ccc(C(=O)Nc3cccc(Nc4nccc(-c5cccnc5)n4)c3)cc2)CC1. The van der Waals surface area contributed by atoms with Crippen molar-refractivity contribution < 1.29 is 4.79 Å². The summed E-state index contributed by atoms with van der Waals surface area (Å²) in [7, 11) is 5.83. The quantitative estimate of drug-likeness (QED) is 0.394. The second kappa shape index (κ2) is 11.1. The van der Waals surface area contributed by atoms with E-state index in [0.29, 0.717) is 17.2 Å². The number of nitrogens with zero attached hydrogens (tertiary/aromatic N) is 5. The van der Waals surface area contributed by atoms with Crippen LogP contribution in [0.4, 0.5) is 17.3 Å². The van der Waals surface area contributed by atoms with Gasteiger partial charge in [-0.25, -0.2) is 9.97 Å². The Hall–Kier alpha value is -4.08. The van der Waals surface area contributed by atoms with E-state index in [-0.39, 0.29) is 5.91 Å². The Morgan fingerprint density at radius 3 is 2.50 bits per heavy atom. The highest BCUT2D eigenvalue weighted by Crippen LogP contribution is 2.21. The van der Waals surface area contributed by atoms with Gasteiger partial charge in [0.2, 0.25) is 5.95 Å². The van der Waals surface area contributed by atoms with Crippen molar-refractivity contribution in [3.8, 4) is 11.3 Å². The highest BCUT2D eigenvalue weighted by Gasteiger charge is 2.14. The third-order valence-corrected chi connectivity index (χ3v) is 6.02. The van der Waals surface area contributed by atoms with Crippen LogP contribution in [0.1, 0.15) is 15.9 Å². The van der Waals surface area contributed by atoms with Crippen LogP contribution in [-0.4, -0.2) is 64.7 Å². The lowest BCUT2D eigenvalue weighted by Crippen LogP contribution is -2.44. The largest absolute Gasteiger partial charge is 0.351 e. The number of amides is 1. The molecule has 0 unspecified atom stereocenters. The normalized spacial score (nSPS) is 14.3. The number of rotatable bonds is 7. The molecule has 1 saturated heterocycles. The summed E-state index contributed by atoms with van der Waals surface area (Å²) < 4.78 is 0. The predicted octanol–water partition coefficient (Wildman–Crippen LogP) is 3.74. The Balaban J connectivity index is 1.20. The first kappa shape index (κ1) is 23.7. The van der Waals surface area contributed by atoms with Crippen LogP contribution in [0.15, 0.2) is 85.3 Å². The fraction of sp³-hybridized carbons (Fsp3) is 0.185. The van der Waals surface area contributed by atoms with Gasteiger partial charge in [0.25, 0.3) is 5.91 Å². The van der Waals surface area contributed by atoms with Crippen LogP contribution < -0.4 is 10.6 Å². The van der Waals surface area contributed by atoms with E-state index in [1.165, 1.54) is 5.56 Å². The summed E-state index contributed by atoms with van der Waals surface area (Å²) in [6, 6.07) is 20.9. The Morgan fingerprint density at radius 1 is 0.917 bits per heavy atom. The standard InChI is InChI=1S/C27H26BN7O/c28-35-15-13-34(14-16-35)19-20-6-8-21(9-7-20)26(36)31-23-4-1-5-24(17-23)32-27-30-12-10-25(33-27)22-3-2-11-29-18-22/h1-12,17-18H,13-16,19H2,(H,31,36)(H,30,32,33). The summed E-state index contributed by atoms with van der Waals surface area (Å²) in [5, 5.41) is 6.18. The van der Waals surface area contributed by atoms with Gasteiger partial charge in [-0.2, -0.15) is 0 Å². The molecule has 1 fully saturated rings. The van der Waals surface area contributed by atoms with Crippen LogP contribution in [0.3, 0.4) is 0 Å². The van der Waals surface area contributed by atoms with Gasteiger partial charge in [-0.05, 0) is 67.2 Å². The third kappa shape index (κ3) is 6.13. The van der Waals surface area contributed by atoms with Gasteiger partial charge in [0.05, 0.1) is 5.69 Å². The molecule has 0 aliphatic carbocycles. The van der Waals surface area contributed by atoms with Crippen molar-refractivity contribution in [2.24, 2.45) is 0 Å². The first-order valence-corrected chi connectivity index (χ1v) is 11.9. The molecule has 1 aliphatic rings. The van der Waals surface area contributed by atoms with Gasteiger partial charge in [-0.3, -0.25) is 14.7 Å². The zero-order valence-electron chi connectivity index (χ0n) is 19.8. The number of carbonyl (C=O) groups excluding carboxylic acids is 1. The molecule has 178 valence electrons. The highest BCUT2D eigenvalue weighted by molar-refractivity contribution is 6.04. The van der Waals surface area contributed by atoms with Crippen LogP contribution >= 0.6 is 0 Å². The Morgan fingerprint density at radius 2 is 1.72 bits per heavy atom. The molecular weight excluding hydrogens is 449 g/mol. The molecule has 0 spiro atoms. The lowest BCUT2D eigenvalue weighted by Gasteiger charge is -2.32. The smallest absolute Gasteiger partial charge is 0.255 e. The molecule has 36 heavy (non-hydrogen) atoms. The topological polar surface area (TPSA) is 86.3 Å². The van der Waals surface area contributed by atoms with E-state index in [1.54, 1.807) is 18.6 Å². The molecule has 1 aliphatic heterocycles. The average Bonchev–Trinajstić information content (AvgIpc) is 2.91. The maximum atomic E-state index is 12.8. The van der Waals surface area contributed by atoms with Gasteiger partial charge in [-0.1, -0.05) is 18.2 Å². The number of nitrogens with one attached hydrogen (secondary N) is 2. The van der Waals surface area contributed by atoms with Crippen LogP contribution in [-0.2, 0) is 6.54 Å². The van der Waals surface area contributed by atoms with Crippen molar-refractivity contribution >= 4 is 31.2 Å². The molecule has 9 heteroatoms. The molecule has 2 radical (unpaired) electrons. The third-order valence-electron chi connectivity index (χ3n) is 6.02. The summed E-state index contributed by atoms with van der Waals surface area (Å²) >= 11 is 0. The summed E-state index contributed by atoms with van der Waals surface area (Å²) in [5.74, 6) is 0.300. The zero-order valence-corrected chi connectivity index (χ0v) is 19.8. The van der Waals surface area contributed by atoms with Crippen LogP contribution in [0.25, 0.3) is 11.3 Å². The van der Waals surface area contributed by atoms with E-state index in [2.05, 4.69) is 30.5 Å². The Labute approximate surface area is 211 Å². The van der Waals surface area contributed by atoms with Crippen LogP contribution in [0.2, 0.25) is 0 Å². The number of hydrogen-bond donors (Lipinski definition) is 2. The molecule has 0 bridgehead atoms. The van der Waals surface area contributed by atoms with Crippen molar-refractivity contribution in [1.82, 2.24) is 24.7 Å². The number of carbonyl (C=O) groups is 1. The number of pyridine rings is 1. The molecule has 2 aromatic carbocycles. The molecule has 5 rings (SSSR count). The van der Waals surface area contributed by atoms with E-state index < -0.39 is 0 Å². The maximum Gasteiger partial charge on any atom is 0.255 e. The molecule has 4 aromatic rings. The Kier molecular flexibility index (Phi) is 7.30. The van der Waals surface area contributed by atoms with E-state index in [4.69, 9.17) is 7.98 Å². The lowest BCUT2D eigenvalue weighted by atomic mass is 10.1. The van der Waals surface area contributed by atoms with Crippen molar-refractivity contribution in [2.75, 3.05) is 36.8 Å². The summed E-state index contributed by atoms with van der Waals surface area (Å²) in [4.78, 5) is 30.1. The van der Waals surface area contributed by atoms with Crippen molar-refractivity contribution in [2.45, 2.75) is 6.54 Å². The first-order chi connectivity index (χ1) is 17.6. The van der Waals surface area contributed by atoms with Gasteiger partial charge in [0.1, 0.15) is 0 Å². The molecule has 1 amide bonds. The van der Waals surface area contributed by atoms with E-state index in [1.807, 2.05) is 71.5 Å². The fourth-order valence-corrected chi connectivity index (χ4v) is 4.04. The summed E-state index contributed by atoms with van der Waals surface area (Å²) in [6.45, 7) is 4.49. The second-order valence-corrected chi connectivity index (χ2v) is 8.68. The predicted molar refractivity (Wildman–Crippen MR) is 142 cm³/mol. The van der Waals surface area contributed by atoms with Crippen LogP contribution in [0.5, 0.6) is 0 Å². The van der Waals surface area contributed by atoms with E-state index >= 15 is 0 Å². The van der Waals surface area contributed by atoms with Crippen LogP contribution in [0, 0.1) is 0 Å². The fourth-order valence-electron chi connectivity index (χ4n) is 4.04. The van der Waals surface area contributed by atoms with Gasteiger partial charge >= 0.3 is 0 Å². The maximum absolute atomic E-state index is 12.8. The van der Waals surface area contributed by atoms with Crippen molar-refractivity contribution in [3.63, 3.8) is 0 Å². The summed E-state index contributed by atoms with van der Waals surface area (Å²) in [6.07, 6.45) is 5.19. The molecule has 2 aromatic heterocycles. The minimum Gasteiger partial charge on any atom is -0.351 e. The molecule has 0 saturated carbocycles. The number of piperazine rings is 1. The lowest BCUT2D eigenvalue weighted by molar-refractivity contribution is 0.102. The minimum atomic E-state index is -0.162. The number of benzene rings is 2.